The predicted octanol–water partition coefficient (Wildman–Crippen LogP) is 10.2. The van der Waals surface area contributed by atoms with Crippen LogP contribution in [0.15, 0.2) is 164 Å². The molecule has 232 valence electrons. The Morgan fingerprint density at radius 2 is 0.776 bits per heavy atom. The molecular weight excluding hydrogens is 611 g/mol. The number of aromatic nitrogens is 3. The van der Waals surface area contributed by atoms with Crippen LogP contribution in [0.3, 0.4) is 0 Å². The van der Waals surface area contributed by atoms with Gasteiger partial charge in [0, 0.05) is 16.7 Å². The van der Waals surface area contributed by atoms with Gasteiger partial charge in [0.1, 0.15) is 8.07 Å². The van der Waals surface area contributed by atoms with E-state index in [1.54, 1.807) is 0 Å². The van der Waals surface area contributed by atoms with Gasteiger partial charge in [-0.05, 0) is 72.7 Å². The van der Waals surface area contributed by atoms with Crippen molar-refractivity contribution in [1.29, 1.82) is 0 Å². The maximum absolute atomic E-state index is 5.17. The van der Waals surface area contributed by atoms with E-state index in [0.717, 1.165) is 33.2 Å². The smallest absolute Gasteiger partial charge is 0.164 e. The van der Waals surface area contributed by atoms with Crippen LogP contribution in [0, 0.1) is 0 Å². The first-order valence-electron chi connectivity index (χ1n) is 16.8. The first-order chi connectivity index (χ1) is 24.0. The van der Waals surface area contributed by atoms with Gasteiger partial charge in [-0.2, -0.15) is 0 Å². The van der Waals surface area contributed by atoms with E-state index in [-0.39, 0.29) is 0 Å². The fourth-order valence-corrected chi connectivity index (χ4v) is 10.4. The molecule has 0 saturated carbocycles. The quantitative estimate of drug-likeness (QED) is 0.175. The lowest BCUT2D eigenvalue weighted by Gasteiger charge is -2.19. The number of hydrogen-bond acceptors (Lipinski definition) is 3. The highest BCUT2D eigenvalue weighted by atomic mass is 28.3. The monoisotopic (exact) mass is 643 g/mol. The Balaban J connectivity index is 1.19. The molecule has 0 aliphatic carbocycles. The van der Waals surface area contributed by atoms with Crippen molar-refractivity contribution in [1.82, 2.24) is 15.0 Å². The van der Waals surface area contributed by atoms with Gasteiger partial charge in [0.05, 0.1) is 0 Å². The molecule has 4 heteroatoms. The standard InChI is InChI=1S/C45H33N3Si/c1-49(2)41-19-10-9-18-39(41)40-25-24-38(29-42(40)49)45-47-43(36-17-11-16-32(27-36)30-12-5-3-6-13-30)46-44(48-45)37-23-22-34-26-33(20-21-35(34)28-37)31-14-7-4-8-15-31/h3-29H,1-2H3. The minimum Gasteiger partial charge on any atom is -0.208 e. The molecule has 3 nitrogen and oxygen atoms in total. The predicted molar refractivity (Wildman–Crippen MR) is 207 cm³/mol. The third-order valence-corrected chi connectivity index (χ3v) is 13.5. The van der Waals surface area contributed by atoms with Crippen LogP contribution in [0.2, 0.25) is 13.1 Å². The molecule has 0 amide bonds. The molecule has 0 N–H and O–H groups in total. The Morgan fingerprint density at radius 3 is 1.45 bits per heavy atom. The highest BCUT2D eigenvalue weighted by molar-refractivity contribution is 7.03. The average molecular weight is 644 g/mol. The molecule has 1 aliphatic heterocycles. The van der Waals surface area contributed by atoms with Crippen molar-refractivity contribution in [3.8, 4) is 67.5 Å². The van der Waals surface area contributed by atoms with Gasteiger partial charge in [-0.25, -0.2) is 15.0 Å². The van der Waals surface area contributed by atoms with Gasteiger partial charge in [-0.1, -0.05) is 159 Å². The summed E-state index contributed by atoms with van der Waals surface area (Å²) < 4.78 is 0. The van der Waals surface area contributed by atoms with Crippen molar-refractivity contribution >= 4 is 29.2 Å². The van der Waals surface area contributed by atoms with Crippen LogP contribution in [0.1, 0.15) is 0 Å². The third kappa shape index (κ3) is 5.18. The number of benzene rings is 7. The summed E-state index contributed by atoms with van der Waals surface area (Å²) in [4.78, 5) is 15.5. The summed E-state index contributed by atoms with van der Waals surface area (Å²) in [5.74, 6) is 2.02. The molecule has 1 aliphatic rings. The molecule has 0 fully saturated rings. The molecule has 0 radical (unpaired) electrons. The van der Waals surface area contributed by atoms with Crippen LogP contribution in [0.5, 0.6) is 0 Å². The molecule has 9 rings (SSSR count). The van der Waals surface area contributed by atoms with E-state index in [1.165, 1.54) is 38.0 Å². The largest absolute Gasteiger partial charge is 0.208 e. The van der Waals surface area contributed by atoms with Crippen LogP contribution >= 0.6 is 0 Å². The van der Waals surface area contributed by atoms with Gasteiger partial charge in [0.2, 0.25) is 0 Å². The highest BCUT2D eigenvalue weighted by Crippen LogP contribution is 2.33. The lowest BCUT2D eigenvalue weighted by molar-refractivity contribution is 1.07. The third-order valence-electron chi connectivity index (χ3n) is 9.91. The van der Waals surface area contributed by atoms with Gasteiger partial charge >= 0.3 is 0 Å². The van der Waals surface area contributed by atoms with E-state index in [9.17, 15) is 0 Å². The molecular formula is C45H33N3Si. The van der Waals surface area contributed by atoms with Gasteiger partial charge < -0.3 is 0 Å². The van der Waals surface area contributed by atoms with E-state index >= 15 is 0 Å². The molecule has 0 bridgehead atoms. The summed E-state index contributed by atoms with van der Waals surface area (Å²) in [7, 11) is -1.88. The first-order valence-corrected chi connectivity index (χ1v) is 19.8. The van der Waals surface area contributed by atoms with Crippen LogP contribution in [-0.4, -0.2) is 23.0 Å². The maximum atomic E-state index is 5.17. The SMILES string of the molecule is C[Si]1(C)c2ccccc2-c2ccc(-c3nc(-c4cccc(-c5ccccc5)c4)nc(-c4ccc5cc(-c6ccccc6)ccc5c4)n3)cc21. The zero-order chi connectivity index (χ0) is 33.0. The van der Waals surface area contributed by atoms with E-state index in [2.05, 4.69) is 171 Å². The zero-order valence-electron chi connectivity index (χ0n) is 27.4. The molecule has 0 saturated heterocycles. The van der Waals surface area contributed by atoms with E-state index in [4.69, 9.17) is 15.0 Å². The lowest BCUT2D eigenvalue weighted by atomic mass is 10.00. The van der Waals surface area contributed by atoms with Crippen molar-refractivity contribution < 1.29 is 0 Å². The Labute approximate surface area is 287 Å². The van der Waals surface area contributed by atoms with Crippen molar-refractivity contribution in [2.75, 3.05) is 0 Å². The first kappa shape index (κ1) is 29.2. The second kappa shape index (κ2) is 11.6. The molecule has 49 heavy (non-hydrogen) atoms. The Kier molecular flexibility index (Phi) is 6.92. The second-order valence-corrected chi connectivity index (χ2v) is 17.7. The van der Waals surface area contributed by atoms with Crippen LogP contribution in [0.4, 0.5) is 0 Å². The fourth-order valence-electron chi connectivity index (χ4n) is 7.27. The second-order valence-electron chi connectivity index (χ2n) is 13.3. The lowest BCUT2D eigenvalue weighted by Crippen LogP contribution is -2.49. The molecule has 0 spiro atoms. The van der Waals surface area contributed by atoms with Gasteiger partial charge in [-0.15, -0.1) is 0 Å². The van der Waals surface area contributed by atoms with Crippen molar-refractivity contribution in [3.05, 3.63) is 164 Å². The summed E-state index contributed by atoms with van der Waals surface area (Å²) in [6, 6.07) is 58.3. The van der Waals surface area contributed by atoms with E-state index < -0.39 is 8.07 Å². The molecule has 2 heterocycles. The molecule has 1 aromatic heterocycles. The van der Waals surface area contributed by atoms with Crippen molar-refractivity contribution in [2.45, 2.75) is 13.1 Å². The molecule has 7 aromatic carbocycles. The molecule has 0 unspecified atom stereocenters. The van der Waals surface area contributed by atoms with E-state index in [1.807, 2.05) is 6.07 Å². The van der Waals surface area contributed by atoms with Gasteiger partial charge in [-0.3, -0.25) is 0 Å². The summed E-state index contributed by atoms with van der Waals surface area (Å²) >= 11 is 0. The molecule has 8 aromatic rings. The van der Waals surface area contributed by atoms with Crippen molar-refractivity contribution in [3.63, 3.8) is 0 Å². The van der Waals surface area contributed by atoms with E-state index in [0.29, 0.717) is 17.5 Å². The van der Waals surface area contributed by atoms with Crippen LogP contribution < -0.4 is 10.4 Å². The Hall–Kier alpha value is -5.97. The average Bonchev–Trinajstić information content (AvgIpc) is 3.40. The summed E-state index contributed by atoms with van der Waals surface area (Å²) in [6.45, 7) is 4.89. The number of hydrogen-bond donors (Lipinski definition) is 0. The van der Waals surface area contributed by atoms with Crippen LogP contribution in [-0.2, 0) is 0 Å². The topological polar surface area (TPSA) is 38.7 Å². The Bertz CT molecular complexity index is 2520. The van der Waals surface area contributed by atoms with Gasteiger partial charge in [0.15, 0.2) is 17.5 Å². The number of rotatable bonds is 5. The zero-order valence-corrected chi connectivity index (χ0v) is 28.4. The normalized spacial score (nSPS) is 12.9. The maximum Gasteiger partial charge on any atom is 0.164 e. The minimum atomic E-state index is -1.88. The van der Waals surface area contributed by atoms with Crippen LogP contribution in [0.25, 0.3) is 78.3 Å². The number of fused-ring (bicyclic) bond motifs is 4. The van der Waals surface area contributed by atoms with Gasteiger partial charge in [0.25, 0.3) is 0 Å². The van der Waals surface area contributed by atoms with Crippen molar-refractivity contribution in [2.24, 2.45) is 0 Å². The molecule has 0 atom stereocenters. The fraction of sp³-hybridized carbons (Fsp3) is 0.0444. The summed E-state index contributed by atoms with van der Waals surface area (Å²) in [5, 5.41) is 5.25. The summed E-state index contributed by atoms with van der Waals surface area (Å²) in [5.41, 5.74) is 10.3. The highest BCUT2D eigenvalue weighted by Gasteiger charge is 2.37. The number of nitrogens with zero attached hydrogens (tertiary/aromatic N) is 3. The minimum absolute atomic E-state index is 0.664. The summed E-state index contributed by atoms with van der Waals surface area (Å²) in [6.07, 6.45) is 0. The Morgan fingerprint density at radius 1 is 0.327 bits per heavy atom.